The zero-order valence-electron chi connectivity index (χ0n) is 10.1. The van der Waals surface area contributed by atoms with Crippen molar-refractivity contribution in [3.8, 4) is 0 Å². The van der Waals surface area contributed by atoms with Gasteiger partial charge in [-0.05, 0) is 27.7 Å². The molecule has 0 spiro atoms. The number of rotatable bonds is 4. The van der Waals surface area contributed by atoms with E-state index in [1.165, 1.54) is 4.90 Å². The maximum Gasteiger partial charge on any atom is 0.410 e. The van der Waals surface area contributed by atoms with Gasteiger partial charge in [0.15, 0.2) is 6.07 Å². The summed E-state index contributed by atoms with van der Waals surface area (Å²) in [5, 5.41) is 0. The van der Waals surface area contributed by atoms with Crippen LogP contribution in [0.1, 0.15) is 27.7 Å². The summed E-state index contributed by atoms with van der Waals surface area (Å²) in [6.07, 6.45) is -0.540. The van der Waals surface area contributed by atoms with Gasteiger partial charge in [-0.3, -0.25) is 9.69 Å². The van der Waals surface area contributed by atoms with Crippen LogP contribution in [0.4, 0.5) is 4.79 Å². The molecule has 0 saturated heterocycles. The van der Waals surface area contributed by atoms with Crippen LogP contribution in [0.3, 0.4) is 0 Å². The van der Waals surface area contributed by atoms with Crippen molar-refractivity contribution in [3.63, 3.8) is 0 Å². The number of esters is 1. The second kappa shape index (κ2) is 6.58. The Labute approximate surface area is 101 Å². The van der Waals surface area contributed by atoms with Crippen LogP contribution in [0.2, 0.25) is 0 Å². The van der Waals surface area contributed by atoms with E-state index in [2.05, 4.69) is 4.74 Å². The minimum Gasteiger partial charge on any atom is -0.448 e. The van der Waals surface area contributed by atoms with E-state index in [1.807, 2.05) is 0 Å². The number of nitrogens with zero attached hydrogens (tertiary/aromatic N) is 1. The summed E-state index contributed by atoms with van der Waals surface area (Å²) in [7, 11) is 0. The summed E-state index contributed by atoms with van der Waals surface area (Å²) >= 11 is 5.23. The van der Waals surface area contributed by atoms with Gasteiger partial charge >= 0.3 is 12.1 Å². The standard InChI is InChI=1S/C10H18ClNO4/c1-5-12(6-8(13)15-7-11)9(14)16-10(2,3)4/h5-7H2,1-4H3. The van der Waals surface area contributed by atoms with Gasteiger partial charge in [0.2, 0.25) is 0 Å². The van der Waals surface area contributed by atoms with Crippen molar-refractivity contribution >= 4 is 23.7 Å². The molecule has 6 heteroatoms. The lowest BCUT2D eigenvalue weighted by molar-refractivity contribution is -0.142. The molecule has 0 radical (unpaired) electrons. The first-order valence-corrected chi connectivity index (χ1v) is 5.53. The zero-order chi connectivity index (χ0) is 12.8. The lowest BCUT2D eigenvalue weighted by Crippen LogP contribution is -2.40. The SMILES string of the molecule is CCN(CC(=O)OCCl)C(=O)OC(C)(C)C. The molecule has 0 aromatic rings. The molecule has 94 valence electrons. The minimum absolute atomic E-state index is 0.155. The van der Waals surface area contributed by atoms with Crippen LogP contribution in [-0.4, -0.2) is 41.7 Å². The number of alkyl halides is 1. The molecule has 0 fully saturated rings. The Morgan fingerprint density at radius 1 is 1.31 bits per heavy atom. The monoisotopic (exact) mass is 251 g/mol. The molecule has 0 atom stereocenters. The molecule has 0 aliphatic heterocycles. The van der Waals surface area contributed by atoms with Gasteiger partial charge in [0, 0.05) is 6.54 Å². The van der Waals surface area contributed by atoms with Crippen molar-refractivity contribution in [1.82, 2.24) is 4.90 Å². The number of ether oxygens (including phenoxy) is 2. The van der Waals surface area contributed by atoms with Gasteiger partial charge in [-0.2, -0.15) is 0 Å². The highest BCUT2D eigenvalue weighted by Gasteiger charge is 2.23. The van der Waals surface area contributed by atoms with Gasteiger partial charge in [-0.25, -0.2) is 4.79 Å². The van der Waals surface area contributed by atoms with E-state index in [0.29, 0.717) is 6.54 Å². The lowest BCUT2D eigenvalue weighted by atomic mass is 10.2. The van der Waals surface area contributed by atoms with Gasteiger partial charge in [0.1, 0.15) is 12.1 Å². The summed E-state index contributed by atoms with van der Waals surface area (Å²) in [6.45, 7) is 7.24. The van der Waals surface area contributed by atoms with Crippen molar-refractivity contribution in [2.75, 3.05) is 19.2 Å². The summed E-state index contributed by atoms with van der Waals surface area (Å²) in [6, 6.07) is -0.218. The fourth-order valence-electron chi connectivity index (χ4n) is 0.894. The molecule has 5 nitrogen and oxygen atoms in total. The quantitative estimate of drug-likeness (QED) is 0.566. The van der Waals surface area contributed by atoms with E-state index in [0.717, 1.165) is 0 Å². The molecule has 0 heterocycles. The first-order valence-electron chi connectivity index (χ1n) is 4.99. The maximum absolute atomic E-state index is 11.6. The van der Waals surface area contributed by atoms with Crippen molar-refractivity contribution < 1.29 is 19.1 Å². The Morgan fingerprint density at radius 3 is 2.25 bits per heavy atom. The van der Waals surface area contributed by atoms with Gasteiger partial charge in [0.05, 0.1) is 0 Å². The van der Waals surface area contributed by atoms with Crippen LogP contribution in [0.15, 0.2) is 0 Å². The third kappa shape index (κ3) is 6.50. The molecule has 0 unspecified atom stereocenters. The second-order valence-corrected chi connectivity index (χ2v) is 4.34. The molecular weight excluding hydrogens is 234 g/mol. The molecule has 16 heavy (non-hydrogen) atoms. The van der Waals surface area contributed by atoms with Crippen LogP contribution in [0.25, 0.3) is 0 Å². The fraction of sp³-hybridized carbons (Fsp3) is 0.800. The predicted octanol–water partition coefficient (Wildman–Crippen LogP) is 1.98. The minimum atomic E-state index is -0.582. The number of likely N-dealkylation sites (N-methyl/N-ethyl adjacent to an activating group) is 1. The van der Waals surface area contributed by atoms with Gasteiger partial charge < -0.3 is 9.47 Å². The van der Waals surface area contributed by atoms with Crippen molar-refractivity contribution in [2.45, 2.75) is 33.3 Å². The van der Waals surface area contributed by atoms with E-state index < -0.39 is 17.7 Å². The van der Waals surface area contributed by atoms with Gasteiger partial charge in [-0.1, -0.05) is 11.6 Å². The van der Waals surface area contributed by atoms with Crippen LogP contribution in [-0.2, 0) is 14.3 Å². The first kappa shape index (κ1) is 15.0. The molecule has 1 amide bonds. The normalized spacial score (nSPS) is 10.8. The molecule has 0 N–H and O–H groups in total. The van der Waals surface area contributed by atoms with Crippen LogP contribution >= 0.6 is 11.6 Å². The summed E-state index contributed by atoms with van der Waals surface area (Å²) < 4.78 is 9.65. The highest BCUT2D eigenvalue weighted by molar-refractivity contribution is 6.17. The molecule has 0 aromatic heterocycles. The number of carbonyl (C=O) groups is 2. The number of halogens is 1. The highest BCUT2D eigenvalue weighted by atomic mass is 35.5. The van der Waals surface area contributed by atoms with Crippen LogP contribution in [0, 0.1) is 0 Å². The van der Waals surface area contributed by atoms with Gasteiger partial charge in [0.25, 0.3) is 0 Å². The van der Waals surface area contributed by atoms with Crippen LogP contribution in [0.5, 0.6) is 0 Å². The predicted molar refractivity (Wildman–Crippen MR) is 60.3 cm³/mol. The number of hydrogen-bond acceptors (Lipinski definition) is 4. The molecule has 0 saturated carbocycles. The molecule has 0 bridgehead atoms. The van der Waals surface area contributed by atoms with Crippen molar-refractivity contribution in [1.29, 1.82) is 0 Å². The molecule has 0 aromatic carbocycles. The van der Waals surface area contributed by atoms with Crippen molar-refractivity contribution in [3.05, 3.63) is 0 Å². The van der Waals surface area contributed by atoms with Crippen LogP contribution < -0.4 is 0 Å². The molecule has 0 rings (SSSR count). The first-order chi connectivity index (χ1) is 7.30. The van der Waals surface area contributed by atoms with Crippen molar-refractivity contribution in [2.24, 2.45) is 0 Å². The van der Waals surface area contributed by atoms with E-state index in [4.69, 9.17) is 16.3 Å². The highest BCUT2D eigenvalue weighted by Crippen LogP contribution is 2.09. The number of hydrogen-bond donors (Lipinski definition) is 0. The third-order valence-electron chi connectivity index (χ3n) is 1.57. The number of amides is 1. The summed E-state index contributed by atoms with van der Waals surface area (Å²) in [5.41, 5.74) is -0.582. The number of carbonyl (C=O) groups excluding carboxylic acids is 2. The topological polar surface area (TPSA) is 55.8 Å². The summed E-state index contributed by atoms with van der Waals surface area (Å²) in [5.74, 6) is -0.553. The Hall–Kier alpha value is -0.970. The Bertz CT molecular complexity index is 250. The largest absolute Gasteiger partial charge is 0.448 e. The molecule has 0 aliphatic carbocycles. The maximum atomic E-state index is 11.6. The Morgan fingerprint density at radius 2 is 1.88 bits per heavy atom. The fourth-order valence-corrected chi connectivity index (χ4v) is 1.02. The average Bonchev–Trinajstić information content (AvgIpc) is 2.11. The smallest absolute Gasteiger partial charge is 0.410 e. The lowest BCUT2D eigenvalue weighted by Gasteiger charge is -2.25. The van der Waals surface area contributed by atoms with E-state index in [9.17, 15) is 9.59 Å². The van der Waals surface area contributed by atoms with E-state index >= 15 is 0 Å². The van der Waals surface area contributed by atoms with E-state index in [1.54, 1.807) is 27.7 Å². The Kier molecular flexibility index (Phi) is 6.18. The molecule has 0 aliphatic rings. The molecular formula is C10H18ClNO4. The second-order valence-electron chi connectivity index (χ2n) is 4.12. The summed E-state index contributed by atoms with van der Waals surface area (Å²) in [4.78, 5) is 24.0. The van der Waals surface area contributed by atoms with E-state index in [-0.39, 0.29) is 12.6 Å². The third-order valence-corrected chi connectivity index (χ3v) is 1.68. The average molecular weight is 252 g/mol. The van der Waals surface area contributed by atoms with Gasteiger partial charge in [-0.15, -0.1) is 0 Å². The zero-order valence-corrected chi connectivity index (χ0v) is 10.8. The Balaban J connectivity index is 4.27.